The monoisotopic (exact) mass is 389 g/mol. The van der Waals surface area contributed by atoms with Crippen LogP contribution in [0.2, 0.25) is 0 Å². The Balaban J connectivity index is 2.06. The Kier molecular flexibility index (Phi) is 6.98. The van der Waals surface area contributed by atoms with Crippen LogP contribution in [0.4, 0.5) is 5.69 Å². The molecule has 0 aliphatic rings. The number of likely N-dealkylation sites (N-methyl/N-ethyl adjacent to an activating group) is 1. The molecule has 1 amide bonds. The minimum atomic E-state index is -3.59. The van der Waals surface area contributed by atoms with E-state index in [4.69, 9.17) is 0 Å². The number of anilines is 1. The van der Waals surface area contributed by atoms with Gasteiger partial charge >= 0.3 is 0 Å². The molecule has 27 heavy (non-hydrogen) atoms. The Morgan fingerprint density at radius 1 is 1.11 bits per heavy atom. The molecule has 0 aliphatic heterocycles. The lowest BCUT2D eigenvalue weighted by atomic mass is 10.1. The second-order valence-corrected chi connectivity index (χ2v) is 8.25. The smallest absolute Gasteiger partial charge is 0.251 e. The summed E-state index contributed by atoms with van der Waals surface area (Å²) in [7, 11) is -2.24. The first kappa shape index (κ1) is 20.9. The van der Waals surface area contributed by atoms with Crippen LogP contribution < -0.4 is 14.9 Å². The SMILES string of the molecule is CCN(CCNC(=O)c1cc(S(=O)(=O)NC)ccc1C)c1cccc(C)c1. The van der Waals surface area contributed by atoms with Gasteiger partial charge in [-0.15, -0.1) is 0 Å². The molecule has 0 spiro atoms. The molecule has 0 radical (unpaired) electrons. The van der Waals surface area contributed by atoms with E-state index in [1.165, 1.54) is 24.7 Å². The van der Waals surface area contributed by atoms with Crippen LogP contribution in [0.15, 0.2) is 47.4 Å². The van der Waals surface area contributed by atoms with Gasteiger partial charge in [-0.3, -0.25) is 4.79 Å². The lowest BCUT2D eigenvalue weighted by Gasteiger charge is -2.23. The number of sulfonamides is 1. The molecule has 0 aromatic heterocycles. The highest BCUT2D eigenvalue weighted by Gasteiger charge is 2.16. The maximum atomic E-state index is 12.5. The number of amides is 1. The van der Waals surface area contributed by atoms with Crippen LogP contribution in [-0.4, -0.2) is 41.0 Å². The second-order valence-electron chi connectivity index (χ2n) is 6.36. The predicted octanol–water partition coefficient (Wildman–Crippen LogP) is 2.47. The van der Waals surface area contributed by atoms with Gasteiger partial charge in [0.15, 0.2) is 0 Å². The zero-order valence-electron chi connectivity index (χ0n) is 16.2. The molecule has 2 rings (SSSR count). The molecule has 0 saturated heterocycles. The van der Waals surface area contributed by atoms with E-state index in [1.54, 1.807) is 13.0 Å². The van der Waals surface area contributed by atoms with Crippen molar-refractivity contribution in [2.75, 3.05) is 31.6 Å². The van der Waals surface area contributed by atoms with E-state index in [1.807, 2.05) is 19.1 Å². The van der Waals surface area contributed by atoms with Crippen LogP contribution in [0, 0.1) is 13.8 Å². The van der Waals surface area contributed by atoms with Crippen molar-refractivity contribution in [3.8, 4) is 0 Å². The number of hydrogen-bond acceptors (Lipinski definition) is 4. The Bertz CT molecular complexity index is 910. The third-order valence-electron chi connectivity index (χ3n) is 4.45. The number of nitrogens with zero attached hydrogens (tertiary/aromatic N) is 1. The van der Waals surface area contributed by atoms with Crippen LogP contribution in [0.25, 0.3) is 0 Å². The first-order chi connectivity index (χ1) is 12.8. The topological polar surface area (TPSA) is 78.5 Å². The van der Waals surface area contributed by atoms with Crippen LogP contribution in [0.3, 0.4) is 0 Å². The molecule has 0 aliphatic carbocycles. The number of carbonyl (C=O) groups is 1. The molecule has 0 saturated carbocycles. The van der Waals surface area contributed by atoms with E-state index in [0.29, 0.717) is 18.7 Å². The molecule has 0 bridgehead atoms. The number of benzene rings is 2. The maximum absolute atomic E-state index is 12.5. The number of rotatable bonds is 8. The highest BCUT2D eigenvalue weighted by atomic mass is 32.2. The van der Waals surface area contributed by atoms with E-state index in [9.17, 15) is 13.2 Å². The third-order valence-corrected chi connectivity index (χ3v) is 5.86. The molecule has 2 aromatic rings. The van der Waals surface area contributed by atoms with Gasteiger partial charge in [-0.25, -0.2) is 13.1 Å². The number of nitrogens with one attached hydrogen (secondary N) is 2. The summed E-state index contributed by atoms with van der Waals surface area (Å²) in [4.78, 5) is 14.8. The van der Waals surface area contributed by atoms with Crippen molar-refractivity contribution >= 4 is 21.6 Å². The van der Waals surface area contributed by atoms with Crippen LogP contribution in [-0.2, 0) is 10.0 Å². The molecule has 0 unspecified atom stereocenters. The summed E-state index contributed by atoms with van der Waals surface area (Å²) in [6.07, 6.45) is 0. The fraction of sp³-hybridized carbons (Fsp3) is 0.350. The molecule has 2 aromatic carbocycles. The Morgan fingerprint density at radius 2 is 1.85 bits per heavy atom. The van der Waals surface area contributed by atoms with Gasteiger partial charge in [0.2, 0.25) is 10.0 Å². The molecule has 0 fully saturated rings. The van der Waals surface area contributed by atoms with Gasteiger partial charge in [0.25, 0.3) is 5.91 Å². The molecule has 7 heteroatoms. The predicted molar refractivity (Wildman–Crippen MR) is 109 cm³/mol. The summed E-state index contributed by atoms with van der Waals surface area (Å²) < 4.78 is 26.2. The van der Waals surface area contributed by atoms with E-state index in [0.717, 1.165) is 17.8 Å². The lowest BCUT2D eigenvalue weighted by Crippen LogP contribution is -2.35. The van der Waals surface area contributed by atoms with Gasteiger partial charge < -0.3 is 10.2 Å². The zero-order chi connectivity index (χ0) is 20.0. The normalized spacial score (nSPS) is 11.3. The van der Waals surface area contributed by atoms with Crippen molar-refractivity contribution in [3.05, 3.63) is 59.2 Å². The maximum Gasteiger partial charge on any atom is 0.251 e. The van der Waals surface area contributed by atoms with Gasteiger partial charge in [0, 0.05) is 30.9 Å². The molecule has 2 N–H and O–H groups in total. The summed E-state index contributed by atoms with van der Waals surface area (Å²) in [6.45, 7) is 7.86. The first-order valence-corrected chi connectivity index (χ1v) is 10.4. The quantitative estimate of drug-likeness (QED) is 0.727. The summed E-state index contributed by atoms with van der Waals surface area (Å²) >= 11 is 0. The summed E-state index contributed by atoms with van der Waals surface area (Å²) in [6, 6.07) is 12.8. The highest BCUT2D eigenvalue weighted by molar-refractivity contribution is 7.89. The molecular weight excluding hydrogens is 362 g/mol. The third kappa shape index (κ3) is 5.30. The van der Waals surface area contributed by atoms with Crippen molar-refractivity contribution in [2.24, 2.45) is 0 Å². The van der Waals surface area contributed by atoms with Gasteiger partial charge in [-0.05, 0) is 63.2 Å². The lowest BCUT2D eigenvalue weighted by molar-refractivity contribution is 0.0954. The number of aryl methyl sites for hydroxylation is 2. The van der Waals surface area contributed by atoms with E-state index < -0.39 is 10.0 Å². The van der Waals surface area contributed by atoms with E-state index >= 15 is 0 Å². The number of carbonyl (C=O) groups excluding carboxylic acids is 1. The molecule has 0 atom stereocenters. The minimum Gasteiger partial charge on any atom is -0.370 e. The average Bonchev–Trinajstić information content (AvgIpc) is 2.65. The fourth-order valence-electron chi connectivity index (χ4n) is 2.82. The minimum absolute atomic E-state index is 0.0793. The summed E-state index contributed by atoms with van der Waals surface area (Å²) in [5.41, 5.74) is 3.40. The van der Waals surface area contributed by atoms with Crippen molar-refractivity contribution in [3.63, 3.8) is 0 Å². The van der Waals surface area contributed by atoms with Gasteiger partial charge in [-0.1, -0.05) is 18.2 Å². The summed E-state index contributed by atoms with van der Waals surface area (Å²) in [5, 5.41) is 2.89. The largest absolute Gasteiger partial charge is 0.370 e. The molecular formula is C20H27N3O3S. The van der Waals surface area contributed by atoms with Crippen LogP contribution in [0.5, 0.6) is 0 Å². The number of hydrogen-bond donors (Lipinski definition) is 2. The molecule has 0 heterocycles. The molecule has 6 nitrogen and oxygen atoms in total. The van der Waals surface area contributed by atoms with E-state index in [2.05, 4.69) is 34.0 Å². The first-order valence-electron chi connectivity index (χ1n) is 8.92. The van der Waals surface area contributed by atoms with Crippen molar-refractivity contribution in [1.82, 2.24) is 10.0 Å². The zero-order valence-corrected chi connectivity index (χ0v) is 17.1. The summed E-state index contributed by atoms with van der Waals surface area (Å²) in [5.74, 6) is -0.277. The average molecular weight is 390 g/mol. The van der Waals surface area contributed by atoms with Crippen molar-refractivity contribution < 1.29 is 13.2 Å². The molecule has 146 valence electrons. The fourth-order valence-corrected chi connectivity index (χ4v) is 3.58. The Labute approximate surface area is 161 Å². The van der Waals surface area contributed by atoms with Gasteiger partial charge in [0.1, 0.15) is 0 Å². The van der Waals surface area contributed by atoms with Crippen molar-refractivity contribution in [2.45, 2.75) is 25.7 Å². The second kappa shape index (κ2) is 9.01. The van der Waals surface area contributed by atoms with Gasteiger partial charge in [-0.2, -0.15) is 0 Å². The van der Waals surface area contributed by atoms with Crippen LogP contribution >= 0.6 is 0 Å². The Hall–Kier alpha value is -2.38. The van der Waals surface area contributed by atoms with Crippen LogP contribution in [0.1, 0.15) is 28.4 Å². The van der Waals surface area contributed by atoms with Gasteiger partial charge in [0.05, 0.1) is 4.90 Å². The van der Waals surface area contributed by atoms with E-state index in [-0.39, 0.29) is 10.8 Å². The highest BCUT2D eigenvalue weighted by Crippen LogP contribution is 2.16. The Morgan fingerprint density at radius 3 is 2.48 bits per heavy atom. The van der Waals surface area contributed by atoms with Crippen molar-refractivity contribution in [1.29, 1.82) is 0 Å². The standard InChI is InChI=1S/C20H27N3O3S/c1-5-23(17-8-6-7-15(2)13-17)12-11-22-20(24)19-14-18(10-9-16(19)3)27(25,26)21-4/h6-10,13-14,21H,5,11-12H2,1-4H3,(H,22,24).